The van der Waals surface area contributed by atoms with Crippen molar-refractivity contribution in [3.63, 3.8) is 0 Å². The lowest BCUT2D eigenvalue weighted by atomic mass is 9.67. The summed E-state index contributed by atoms with van der Waals surface area (Å²) in [5.41, 5.74) is 3.22. The molecule has 2 aromatic carbocycles. The van der Waals surface area contributed by atoms with Crippen LogP contribution in [0.15, 0.2) is 18.2 Å². The third kappa shape index (κ3) is 4.75. The van der Waals surface area contributed by atoms with E-state index in [0.29, 0.717) is 22.3 Å². The zero-order valence-corrected chi connectivity index (χ0v) is 23.4. The maximum Gasteiger partial charge on any atom is 0.167 e. The van der Waals surface area contributed by atoms with E-state index in [1.807, 2.05) is 18.2 Å². The first-order valence-electron chi connectivity index (χ1n) is 15.8. The van der Waals surface area contributed by atoms with Crippen molar-refractivity contribution in [2.45, 2.75) is 122 Å². The Kier molecular flexibility index (Phi) is 7.66. The normalized spacial score (nSPS) is 30.9. The molecule has 0 atom stereocenters. The zero-order valence-electron chi connectivity index (χ0n) is 23.4. The molecule has 4 aliphatic rings. The summed E-state index contributed by atoms with van der Waals surface area (Å²) in [6.07, 6.45) is 17.5. The molecule has 2 aromatic rings. The van der Waals surface area contributed by atoms with Crippen molar-refractivity contribution in [3.05, 3.63) is 46.8 Å². The Hall–Kier alpha value is -1.77. The van der Waals surface area contributed by atoms with Gasteiger partial charge in [0, 0.05) is 11.1 Å². The fourth-order valence-corrected chi connectivity index (χ4v) is 8.63. The van der Waals surface area contributed by atoms with E-state index in [0.717, 1.165) is 80.6 Å². The van der Waals surface area contributed by atoms with Gasteiger partial charge in [0.1, 0.15) is 5.82 Å². The first-order valence-corrected chi connectivity index (χ1v) is 15.8. The van der Waals surface area contributed by atoms with Crippen LogP contribution >= 0.6 is 0 Å². The van der Waals surface area contributed by atoms with E-state index in [2.05, 4.69) is 13.8 Å². The maximum absolute atomic E-state index is 15.8. The lowest BCUT2D eigenvalue weighted by Crippen LogP contribution is -2.25. The first-order chi connectivity index (χ1) is 18.5. The van der Waals surface area contributed by atoms with Crippen LogP contribution in [0.2, 0.25) is 0 Å². The summed E-state index contributed by atoms with van der Waals surface area (Å²) in [5, 5.41) is 0. The zero-order chi connectivity index (χ0) is 26.4. The molecule has 206 valence electrons. The molecule has 0 N–H and O–H groups in total. The Morgan fingerprint density at radius 3 is 1.87 bits per heavy atom. The van der Waals surface area contributed by atoms with Crippen LogP contribution in [-0.4, -0.2) is 0 Å². The van der Waals surface area contributed by atoms with Gasteiger partial charge < -0.3 is 0 Å². The van der Waals surface area contributed by atoms with Crippen molar-refractivity contribution in [3.8, 4) is 22.3 Å². The topological polar surface area (TPSA) is 0 Å². The Morgan fingerprint density at radius 2 is 1.21 bits per heavy atom. The first kappa shape index (κ1) is 26.5. The molecule has 0 aromatic heterocycles. The standard InChI is InChI=1S/C35H45F3/c1-3-4-5-22-8-12-25(13-9-22)27-18-19-28-30-20-29(34(37)35(38)32(30)31(28)33(27)36)26-16-14-24(15-17-26)23-10-6-21(2)7-11-23/h18-26H,3-17H2,1-2H3. The van der Waals surface area contributed by atoms with Gasteiger partial charge in [-0.3, -0.25) is 0 Å². The molecule has 3 fully saturated rings. The smallest absolute Gasteiger partial charge is 0.167 e. The van der Waals surface area contributed by atoms with Gasteiger partial charge in [0.15, 0.2) is 11.6 Å². The summed E-state index contributed by atoms with van der Waals surface area (Å²) in [4.78, 5) is 0. The Balaban J connectivity index is 1.17. The number of halogens is 3. The molecular weight excluding hydrogens is 477 g/mol. The third-order valence-electron chi connectivity index (χ3n) is 11.1. The van der Waals surface area contributed by atoms with Crippen molar-refractivity contribution in [2.75, 3.05) is 0 Å². The molecule has 0 aliphatic heterocycles. The highest BCUT2D eigenvalue weighted by molar-refractivity contribution is 6.03. The van der Waals surface area contributed by atoms with Crippen LogP contribution < -0.4 is 0 Å². The number of unbranched alkanes of at least 4 members (excludes halogenated alkanes) is 1. The van der Waals surface area contributed by atoms with Gasteiger partial charge in [0.2, 0.25) is 0 Å². The summed E-state index contributed by atoms with van der Waals surface area (Å²) in [7, 11) is 0. The van der Waals surface area contributed by atoms with Gasteiger partial charge in [0.05, 0.1) is 0 Å². The second kappa shape index (κ2) is 11.0. The number of hydrogen-bond donors (Lipinski definition) is 0. The van der Waals surface area contributed by atoms with Crippen LogP contribution in [0, 0.1) is 41.1 Å². The van der Waals surface area contributed by atoms with Crippen molar-refractivity contribution in [1.82, 2.24) is 0 Å². The largest absolute Gasteiger partial charge is 0.206 e. The van der Waals surface area contributed by atoms with Crippen molar-refractivity contribution in [1.29, 1.82) is 0 Å². The van der Waals surface area contributed by atoms with Gasteiger partial charge in [-0.15, -0.1) is 0 Å². The minimum absolute atomic E-state index is 0.0737. The number of rotatable bonds is 6. The van der Waals surface area contributed by atoms with Crippen LogP contribution in [-0.2, 0) is 0 Å². The van der Waals surface area contributed by atoms with Gasteiger partial charge in [0.25, 0.3) is 0 Å². The fraction of sp³-hybridized carbons (Fsp3) is 0.657. The molecule has 0 saturated heterocycles. The van der Waals surface area contributed by atoms with Crippen molar-refractivity contribution >= 4 is 0 Å². The summed E-state index contributed by atoms with van der Waals surface area (Å²) in [5.74, 6) is 1.58. The third-order valence-corrected chi connectivity index (χ3v) is 11.1. The highest BCUT2D eigenvalue weighted by atomic mass is 19.2. The van der Waals surface area contributed by atoms with Gasteiger partial charge in [-0.2, -0.15) is 0 Å². The second-order valence-electron chi connectivity index (χ2n) is 13.4. The predicted molar refractivity (Wildman–Crippen MR) is 151 cm³/mol. The molecule has 4 aliphatic carbocycles. The number of benzene rings is 2. The van der Waals surface area contributed by atoms with E-state index in [1.165, 1.54) is 44.9 Å². The quantitative estimate of drug-likeness (QED) is 0.302. The SMILES string of the molecule is CCCCC1CCC(c2ccc3c(c2F)-c2c-3cc(C3CCC(C4CCC(C)CC4)CC3)c(F)c2F)CC1. The molecule has 0 radical (unpaired) electrons. The number of hydrogen-bond acceptors (Lipinski definition) is 0. The molecule has 0 heterocycles. The average Bonchev–Trinajstić information content (AvgIpc) is 2.93. The van der Waals surface area contributed by atoms with E-state index in [1.54, 1.807) is 0 Å². The van der Waals surface area contributed by atoms with Crippen LogP contribution in [0.25, 0.3) is 22.3 Å². The Labute approximate surface area is 227 Å². The van der Waals surface area contributed by atoms with E-state index in [9.17, 15) is 0 Å². The van der Waals surface area contributed by atoms with Gasteiger partial charge in [-0.25, -0.2) is 13.2 Å². The van der Waals surface area contributed by atoms with Gasteiger partial charge >= 0.3 is 0 Å². The summed E-state index contributed by atoms with van der Waals surface area (Å²) in [6, 6.07) is 5.77. The summed E-state index contributed by atoms with van der Waals surface area (Å²) in [6.45, 7) is 4.59. The molecule has 0 bridgehead atoms. The van der Waals surface area contributed by atoms with Crippen molar-refractivity contribution in [2.24, 2.45) is 23.7 Å². The maximum atomic E-state index is 15.8. The summed E-state index contributed by atoms with van der Waals surface area (Å²) >= 11 is 0. The summed E-state index contributed by atoms with van der Waals surface area (Å²) < 4.78 is 46.8. The van der Waals surface area contributed by atoms with Crippen LogP contribution in [0.5, 0.6) is 0 Å². The minimum Gasteiger partial charge on any atom is -0.206 e. The Morgan fingerprint density at radius 1 is 0.632 bits per heavy atom. The molecule has 3 saturated carbocycles. The van der Waals surface area contributed by atoms with Gasteiger partial charge in [-0.1, -0.05) is 58.1 Å². The Bertz CT molecular complexity index is 1140. The molecule has 0 unspecified atom stereocenters. The highest BCUT2D eigenvalue weighted by Crippen LogP contribution is 2.55. The highest BCUT2D eigenvalue weighted by Gasteiger charge is 2.38. The molecule has 0 amide bonds. The van der Waals surface area contributed by atoms with E-state index in [4.69, 9.17) is 0 Å². The lowest BCUT2D eigenvalue weighted by Gasteiger charge is -2.38. The van der Waals surface area contributed by atoms with Crippen molar-refractivity contribution < 1.29 is 13.2 Å². The molecule has 6 rings (SSSR count). The molecule has 0 nitrogen and oxygen atoms in total. The second-order valence-corrected chi connectivity index (χ2v) is 13.4. The fourth-order valence-electron chi connectivity index (χ4n) is 8.63. The van der Waals surface area contributed by atoms with E-state index < -0.39 is 11.6 Å². The predicted octanol–water partition coefficient (Wildman–Crippen LogP) is 11.3. The minimum atomic E-state index is -0.826. The molecular formula is C35H45F3. The molecule has 38 heavy (non-hydrogen) atoms. The van der Waals surface area contributed by atoms with Crippen LogP contribution in [0.1, 0.15) is 133 Å². The monoisotopic (exact) mass is 522 g/mol. The van der Waals surface area contributed by atoms with E-state index >= 15 is 13.2 Å². The average molecular weight is 523 g/mol. The lowest BCUT2D eigenvalue weighted by molar-refractivity contribution is 0.164. The molecule has 0 spiro atoms. The van der Waals surface area contributed by atoms with Gasteiger partial charge in [-0.05, 0) is 128 Å². The molecule has 3 heteroatoms. The van der Waals surface area contributed by atoms with E-state index in [-0.39, 0.29) is 23.2 Å². The van der Waals surface area contributed by atoms with Crippen LogP contribution in [0.3, 0.4) is 0 Å². The number of fused-ring (bicyclic) bond motifs is 4. The van der Waals surface area contributed by atoms with Crippen LogP contribution in [0.4, 0.5) is 13.2 Å².